The highest BCUT2D eigenvalue weighted by molar-refractivity contribution is 6.31. The zero-order valence-corrected chi connectivity index (χ0v) is 13.5. The van der Waals surface area contributed by atoms with Crippen molar-refractivity contribution in [1.29, 1.82) is 0 Å². The van der Waals surface area contributed by atoms with Gasteiger partial charge in [-0.15, -0.1) is 0 Å². The standard InChI is InChI=1S/C15H23ClN2O3/c1-11(15(19)17-8-5-9-20-2)18-10-12-13(16)6-4-7-14(12)21-3/h4,6-7,11,18H,5,8-10H2,1-3H3,(H,17,19). The molecule has 0 radical (unpaired) electrons. The molecule has 0 aliphatic carbocycles. The molecule has 0 aromatic heterocycles. The second-order valence-electron chi connectivity index (χ2n) is 4.66. The molecule has 0 saturated carbocycles. The Morgan fingerprint density at radius 2 is 2.14 bits per heavy atom. The van der Waals surface area contributed by atoms with Crippen LogP contribution >= 0.6 is 11.6 Å². The molecule has 1 amide bonds. The molecule has 118 valence electrons. The maximum Gasteiger partial charge on any atom is 0.236 e. The van der Waals surface area contributed by atoms with E-state index in [2.05, 4.69) is 10.6 Å². The van der Waals surface area contributed by atoms with Crippen LogP contribution in [0.2, 0.25) is 5.02 Å². The van der Waals surface area contributed by atoms with Gasteiger partial charge in [-0.05, 0) is 25.5 Å². The lowest BCUT2D eigenvalue weighted by atomic mass is 10.2. The minimum atomic E-state index is -0.312. The number of methoxy groups -OCH3 is 2. The summed E-state index contributed by atoms with van der Waals surface area (Å²) in [4.78, 5) is 11.9. The third-order valence-corrected chi connectivity index (χ3v) is 3.45. The summed E-state index contributed by atoms with van der Waals surface area (Å²) in [6.07, 6.45) is 0.799. The largest absolute Gasteiger partial charge is 0.496 e. The van der Waals surface area contributed by atoms with Gasteiger partial charge in [-0.25, -0.2) is 0 Å². The molecule has 0 aliphatic rings. The van der Waals surface area contributed by atoms with Crippen molar-refractivity contribution in [2.24, 2.45) is 0 Å². The van der Waals surface area contributed by atoms with Gasteiger partial charge in [-0.3, -0.25) is 4.79 Å². The van der Waals surface area contributed by atoms with Crippen LogP contribution in [0.1, 0.15) is 18.9 Å². The Bertz CT molecular complexity index is 455. The van der Waals surface area contributed by atoms with Gasteiger partial charge in [0.15, 0.2) is 0 Å². The number of carbonyl (C=O) groups is 1. The summed E-state index contributed by atoms with van der Waals surface area (Å²) in [5, 5.41) is 6.62. The summed E-state index contributed by atoms with van der Waals surface area (Å²) in [7, 11) is 3.24. The van der Waals surface area contributed by atoms with Crippen LogP contribution < -0.4 is 15.4 Å². The Morgan fingerprint density at radius 3 is 2.81 bits per heavy atom. The molecule has 1 aromatic rings. The van der Waals surface area contributed by atoms with E-state index in [-0.39, 0.29) is 11.9 Å². The number of amides is 1. The van der Waals surface area contributed by atoms with Gasteiger partial charge in [-0.1, -0.05) is 17.7 Å². The number of benzene rings is 1. The van der Waals surface area contributed by atoms with E-state index < -0.39 is 0 Å². The van der Waals surface area contributed by atoms with Crippen LogP contribution in [0.4, 0.5) is 0 Å². The number of hydrogen-bond acceptors (Lipinski definition) is 4. The van der Waals surface area contributed by atoms with Crippen molar-refractivity contribution in [1.82, 2.24) is 10.6 Å². The molecule has 0 aliphatic heterocycles. The van der Waals surface area contributed by atoms with Gasteiger partial charge in [-0.2, -0.15) is 0 Å². The lowest BCUT2D eigenvalue weighted by Gasteiger charge is -2.16. The minimum Gasteiger partial charge on any atom is -0.496 e. The zero-order chi connectivity index (χ0) is 15.7. The zero-order valence-electron chi connectivity index (χ0n) is 12.7. The molecule has 1 aromatic carbocycles. The van der Waals surface area contributed by atoms with E-state index in [0.29, 0.717) is 30.5 Å². The molecule has 6 heteroatoms. The maximum atomic E-state index is 11.9. The van der Waals surface area contributed by atoms with Crippen molar-refractivity contribution in [3.8, 4) is 5.75 Å². The third-order valence-electron chi connectivity index (χ3n) is 3.10. The topological polar surface area (TPSA) is 59.6 Å². The van der Waals surface area contributed by atoms with Crippen LogP contribution in [-0.2, 0) is 16.1 Å². The van der Waals surface area contributed by atoms with Crippen LogP contribution in [0, 0.1) is 0 Å². The Hall–Kier alpha value is -1.30. The van der Waals surface area contributed by atoms with Crippen LogP contribution in [0.15, 0.2) is 18.2 Å². The van der Waals surface area contributed by atoms with Gasteiger partial charge in [0.25, 0.3) is 0 Å². The normalized spacial score (nSPS) is 12.0. The molecule has 2 N–H and O–H groups in total. The Morgan fingerprint density at radius 1 is 1.38 bits per heavy atom. The first-order chi connectivity index (χ1) is 10.1. The summed E-state index contributed by atoms with van der Waals surface area (Å²) in [6.45, 7) is 3.53. The number of carbonyl (C=O) groups excluding carboxylic acids is 1. The second kappa shape index (κ2) is 9.60. The molecule has 0 bridgehead atoms. The fourth-order valence-corrected chi connectivity index (χ4v) is 2.06. The van der Waals surface area contributed by atoms with Gasteiger partial charge in [0.1, 0.15) is 5.75 Å². The summed E-state index contributed by atoms with van der Waals surface area (Å²) in [6, 6.07) is 5.17. The first-order valence-corrected chi connectivity index (χ1v) is 7.29. The Balaban J connectivity index is 2.45. The summed E-state index contributed by atoms with van der Waals surface area (Å²) in [5.41, 5.74) is 0.848. The molecule has 0 spiro atoms. The van der Waals surface area contributed by atoms with Crippen molar-refractivity contribution in [2.45, 2.75) is 25.9 Å². The van der Waals surface area contributed by atoms with Gasteiger partial charge < -0.3 is 20.1 Å². The maximum absolute atomic E-state index is 11.9. The summed E-state index contributed by atoms with van der Waals surface area (Å²) >= 11 is 6.16. The van der Waals surface area contributed by atoms with Crippen LogP contribution in [0.3, 0.4) is 0 Å². The monoisotopic (exact) mass is 314 g/mol. The molecule has 0 saturated heterocycles. The molecule has 1 unspecified atom stereocenters. The van der Waals surface area contributed by atoms with Gasteiger partial charge in [0, 0.05) is 37.4 Å². The number of rotatable bonds is 9. The molecule has 0 fully saturated rings. The molecular formula is C15H23ClN2O3. The average molecular weight is 315 g/mol. The molecule has 1 atom stereocenters. The number of ether oxygens (including phenoxy) is 2. The lowest BCUT2D eigenvalue weighted by Crippen LogP contribution is -2.42. The van der Waals surface area contributed by atoms with E-state index >= 15 is 0 Å². The quantitative estimate of drug-likeness (QED) is 0.684. The minimum absolute atomic E-state index is 0.0443. The average Bonchev–Trinajstić information content (AvgIpc) is 2.49. The van der Waals surface area contributed by atoms with Crippen molar-refractivity contribution >= 4 is 17.5 Å². The fraction of sp³-hybridized carbons (Fsp3) is 0.533. The molecule has 21 heavy (non-hydrogen) atoms. The van der Waals surface area contributed by atoms with E-state index in [9.17, 15) is 4.79 Å². The Labute approximate surface area is 131 Å². The first-order valence-electron chi connectivity index (χ1n) is 6.91. The molecule has 1 rings (SSSR count). The van der Waals surface area contributed by atoms with Gasteiger partial charge in [0.05, 0.1) is 13.2 Å². The second-order valence-corrected chi connectivity index (χ2v) is 5.07. The van der Waals surface area contributed by atoms with E-state index in [1.165, 1.54) is 0 Å². The van der Waals surface area contributed by atoms with E-state index in [4.69, 9.17) is 21.1 Å². The predicted molar refractivity (Wildman–Crippen MR) is 83.8 cm³/mol. The van der Waals surface area contributed by atoms with E-state index in [0.717, 1.165) is 12.0 Å². The van der Waals surface area contributed by atoms with Crippen LogP contribution in [0.25, 0.3) is 0 Å². The van der Waals surface area contributed by atoms with Gasteiger partial charge in [0.2, 0.25) is 5.91 Å². The van der Waals surface area contributed by atoms with Crippen LogP contribution in [0.5, 0.6) is 5.75 Å². The van der Waals surface area contributed by atoms with E-state index in [1.54, 1.807) is 20.3 Å². The highest BCUT2D eigenvalue weighted by atomic mass is 35.5. The predicted octanol–water partition coefficient (Wildman–Crippen LogP) is 1.98. The lowest BCUT2D eigenvalue weighted by molar-refractivity contribution is -0.122. The third kappa shape index (κ3) is 5.91. The van der Waals surface area contributed by atoms with Crippen molar-refractivity contribution in [2.75, 3.05) is 27.4 Å². The smallest absolute Gasteiger partial charge is 0.236 e. The van der Waals surface area contributed by atoms with E-state index in [1.807, 2.05) is 19.1 Å². The molecule has 0 heterocycles. The Kier molecular flexibility index (Phi) is 8.12. The number of hydrogen-bond donors (Lipinski definition) is 2. The number of nitrogens with one attached hydrogen (secondary N) is 2. The fourth-order valence-electron chi connectivity index (χ4n) is 1.83. The van der Waals surface area contributed by atoms with Crippen molar-refractivity contribution in [3.05, 3.63) is 28.8 Å². The van der Waals surface area contributed by atoms with Gasteiger partial charge >= 0.3 is 0 Å². The highest BCUT2D eigenvalue weighted by Gasteiger charge is 2.14. The van der Waals surface area contributed by atoms with Crippen molar-refractivity contribution < 1.29 is 14.3 Å². The SMILES string of the molecule is COCCCNC(=O)C(C)NCc1c(Cl)cccc1OC. The summed E-state index contributed by atoms with van der Waals surface area (Å²) in [5.74, 6) is 0.667. The highest BCUT2D eigenvalue weighted by Crippen LogP contribution is 2.25. The molecule has 5 nitrogen and oxygen atoms in total. The van der Waals surface area contributed by atoms with Crippen LogP contribution in [-0.4, -0.2) is 39.3 Å². The number of halogens is 1. The van der Waals surface area contributed by atoms with Crippen molar-refractivity contribution in [3.63, 3.8) is 0 Å². The summed E-state index contributed by atoms with van der Waals surface area (Å²) < 4.78 is 10.2. The first kappa shape index (κ1) is 17.8. The molecular weight excluding hydrogens is 292 g/mol.